The molecular formula is C10H16N2O2. The predicted molar refractivity (Wildman–Crippen MR) is 51.1 cm³/mol. The van der Waals surface area contributed by atoms with Gasteiger partial charge in [-0.3, -0.25) is 19.6 Å². The molecule has 2 aliphatic heterocycles. The third-order valence-electron chi connectivity index (χ3n) is 2.89. The van der Waals surface area contributed by atoms with Gasteiger partial charge in [-0.1, -0.05) is 0 Å². The molecule has 0 spiro atoms. The fourth-order valence-electron chi connectivity index (χ4n) is 2.09. The molecule has 0 saturated carbocycles. The second kappa shape index (κ2) is 3.98. The minimum Gasteiger partial charge on any atom is -0.273 e. The van der Waals surface area contributed by atoms with Crippen LogP contribution in [-0.2, 0) is 9.59 Å². The standard InChI is InChI=1S/C10H16N2O2/c13-9-5-1-3-7-11(9)12-8-4-2-6-10(12)14/h1-8H2. The van der Waals surface area contributed by atoms with Gasteiger partial charge >= 0.3 is 0 Å². The van der Waals surface area contributed by atoms with Crippen molar-refractivity contribution in [3.63, 3.8) is 0 Å². The Hall–Kier alpha value is -1.06. The van der Waals surface area contributed by atoms with E-state index in [9.17, 15) is 9.59 Å². The molecule has 2 saturated heterocycles. The van der Waals surface area contributed by atoms with Crippen molar-refractivity contribution in [3.05, 3.63) is 0 Å². The van der Waals surface area contributed by atoms with E-state index >= 15 is 0 Å². The maximum atomic E-state index is 11.6. The molecule has 0 aliphatic carbocycles. The Kier molecular flexibility index (Phi) is 2.70. The van der Waals surface area contributed by atoms with Crippen molar-refractivity contribution >= 4 is 11.8 Å². The van der Waals surface area contributed by atoms with Crippen LogP contribution in [0.2, 0.25) is 0 Å². The molecule has 0 aromatic heterocycles. The van der Waals surface area contributed by atoms with E-state index in [1.54, 1.807) is 10.0 Å². The van der Waals surface area contributed by atoms with Gasteiger partial charge in [-0.05, 0) is 25.7 Å². The molecule has 0 atom stereocenters. The number of hydrazine groups is 1. The van der Waals surface area contributed by atoms with Crippen molar-refractivity contribution in [1.82, 2.24) is 10.0 Å². The van der Waals surface area contributed by atoms with Gasteiger partial charge in [0.1, 0.15) is 0 Å². The van der Waals surface area contributed by atoms with Crippen LogP contribution in [0.15, 0.2) is 0 Å². The summed E-state index contributed by atoms with van der Waals surface area (Å²) in [5.41, 5.74) is 0. The second-order valence-electron chi connectivity index (χ2n) is 3.95. The number of amides is 2. The molecule has 0 N–H and O–H groups in total. The SMILES string of the molecule is O=C1CCCCN1N1CCCCC1=O. The van der Waals surface area contributed by atoms with Gasteiger partial charge in [0, 0.05) is 25.9 Å². The maximum Gasteiger partial charge on any atom is 0.241 e. The normalized spacial score (nSPS) is 24.3. The summed E-state index contributed by atoms with van der Waals surface area (Å²) in [7, 11) is 0. The molecule has 0 aromatic rings. The Balaban J connectivity index is 2.04. The van der Waals surface area contributed by atoms with Crippen LogP contribution in [0.25, 0.3) is 0 Å². The summed E-state index contributed by atoms with van der Waals surface area (Å²) in [5.74, 6) is 0.234. The highest BCUT2D eigenvalue weighted by Crippen LogP contribution is 2.18. The fourth-order valence-corrected chi connectivity index (χ4v) is 2.09. The zero-order valence-electron chi connectivity index (χ0n) is 8.37. The molecule has 2 aliphatic rings. The molecular weight excluding hydrogens is 180 g/mol. The zero-order chi connectivity index (χ0) is 9.97. The molecule has 0 unspecified atom stereocenters. The molecule has 2 amide bonds. The van der Waals surface area contributed by atoms with Crippen LogP contribution < -0.4 is 0 Å². The van der Waals surface area contributed by atoms with Crippen LogP contribution >= 0.6 is 0 Å². The number of rotatable bonds is 1. The van der Waals surface area contributed by atoms with Crippen LogP contribution in [0.4, 0.5) is 0 Å². The lowest BCUT2D eigenvalue weighted by Gasteiger charge is -2.39. The van der Waals surface area contributed by atoms with Crippen LogP contribution in [0.5, 0.6) is 0 Å². The highest BCUT2D eigenvalue weighted by atomic mass is 16.2. The first-order chi connectivity index (χ1) is 6.79. The average molecular weight is 196 g/mol. The van der Waals surface area contributed by atoms with Crippen molar-refractivity contribution in [2.24, 2.45) is 0 Å². The molecule has 2 rings (SSSR count). The second-order valence-corrected chi connectivity index (χ2v) is 3.95. The van der Waals surface area contributed by atoms with Gasteiger partial charge in [0.15, 0.2) is 0 Å². The topological polar surface area (TPSA) is 40.6 Å². The lowest BCUT2D eigenvalue weighted by atomic mass is 10.1. The van der Waals surface area contributed by atoms with E-state index < -0.39 is 0 Å². The average Bonchev–Trinajstić information content (AvgIpc) is 2.20. The van der Waals surface area contributed by atoms with Crippen LogP contribution in [0, 0.1) is 0 Å². The van der Waals surface area contributed by atoms with E-state index in [0.29, 0.717) is 12.8 Å². The van der Waals surface area contributed by atoms with Gasteiger partial charge in [-0.25, -0.2) is 0 Å². The Bertz CT molecular complexity index is 227. The number of hydrogen-bond acceptors (Lipinski definition) is 2. The first-order valence-corrected chi connectivity index (χ1v) is 5.40. The monoisotopic (exact) mass is 196 g/mol. The minimum atomic E-state index is 0.117. The summed E-state index contributed by atoms with van der Waals surface area (Å²) in [6, 6.07) is 0. The molecule has 4 heteroatoms. The maximum absolute atomic E-state index is 11.6. The lowest BCUT2D eigenvalue weighted by Crippen LogP contribution is -2.53. The number of hydrogen-bond donors (Lipinski definition) is 0. The smallest absolute Gasteiger partial charge is 0.241 e. The summed E-state index contributed by atoms with van der Waals surface area (Å²) in [4.78, 5) is 23.1. The Morgan fingerprint density at radius 1 is 0.714 bits per heavy atom. The Labute approximate surface area is 83.8 Å². The molecule has 14 heavy (non-hydrogen) atoms. The molecule has 2 fully saturated rings. The van der Waals surface area contributed by atoms with Crippen molar-refractivity contribution < 1.29 is 9.59 Å². The summed E-state index contributed by atoms with van der Waals surface area (Å²) < 4.78 is 0. The molecule has 4 nitrogen and oxygen atoms in total. The van der Waals surface area contributed by atoms with Crippen LogP contribution in [0.3, 0.4) is 0 Å². The van der Waals surface area contributed by atoms with E-state index in [0.717, 1.165) is 38.8 Å². The van der Waals surface area contributed by atoms with Crippen molar-refractivity contribution in [1.29, 1.82) is 0 Å². The van der Waals surface area contributed by atoms with Gasteiger partial charge in [0.05, 0.1) is 0 Å². The summed E-state index contributed by atoms with van der Waals surface area (Å²) in [6.45, 7) is 1.45. The van der Waals surface area contributed by atoms with E-state index in [4.69, 9.17) is 0 Å². The highest BCUT2D eigenvalue weighted by molar-refractivity contribution is 5.82. The van der Waals surface area contributed by atoms with Crippen LogP contribution in [0.1, 0.15) is 38.5 Å². The van der Waals surface area contributed by atoms with Gasteiger partial charge in [0.2, 0.25) is 11.8 Å². The summed E-state index contributed by atoms with van der Waals surface area (Å²) in [5, 5.41) is 3.32. The third kappa shape index (κ3) is 1.74. The van der Waals surface area contributed by atoms with Crippen molar-refractivity contribution in [2.45, 2.75) is 38.5 Å². The van der Waals surface area contributed by atoms with Crippen molar-refractivity contribution in [3.8, 4) is 0 Å². The Morgan fingerprint density at radius 2 is 1.14 bits per heavy atom. The highest BCUT2D eigenvalue weighted by Gasteiger charge is 2.29. The summed E-state index contributed by atoms with van der Waals surface area (Å²) in [6.07, 6.45) is 5.19. The van der Waals surface area contributed by atoms with Gasteiger partial charge in [-0.15, -0.1) is 0 Å². The minimum absolute atomic E-state index is 0.117. The van der Waals surface area contributed by atoms with E-state index in [-0.39, 0.29) is 11.8 Å². The molecule has 0 radical (unpaired) electrons. The number of piperidine rings is 2. The number of nitrogens with zero attached hydrogens (tertiary/aromatic N) is 2. The quantitative estimate of drug-likeness (QED) is 0.626. The van der Waals surface area contributed by atoms with Crippen LogP contribution in [-0.4, -0.2) is 34.9 Å². The Morgan fingerprint density at radius 3 is 1.50 bits per heavy atom. The predicted octanol–water partition coefficient (Wildman–Crippen LogP) is 0.926. The zero-order valence-corrected chi connectivity index (χ0v) is 8.37. The molecule has 78 valence electrons. The largest absolute Gasteiger partial charge is 0.273 e. The number of carbonyl (C=O) groups is 2. The lowest BCUT2D eigenvalue weighted by molar-refractivity contribution is -0.169. The summed E-state index contributed by atoms with van der Waals surface area (Å²) >= 11 is 0. The van der Waals surface area contributed by atoms with E-state index in [2.05, 4.69) is 0 Å². The number of carbonyl (C=O) groups excluding carboxylic acids is 2. The van der Waals surface area contributed by atoms with E-state index in [1.807, 2.05) is 0 Å². The van der Waals surface area contributed by atoms with Gasteiger partial charge in [0.25, 0.3) is 0 Å². The van der Waals surface area contributed by atoms with Crippen molar-refractivity contribution in [2.75, 3.05) is 13.1 Å². The van der Waals surface area contributed by atoms with Gasteiger partial charge in [-0.2, -0.15) is 0 Å². The molecule has 0 bridgehead atoms. The molecule has 2 heterocycles. The first kappa shape index (κ1) is 9.49. The van der Waals surface area contributed by atoms with Gasteiger partial charge < -0.3 is 0 Å². The third-order valence-corrected chi connectivity index (χ3v) is 2.89. The van der Waals surface area contributed by atoms with E-state index in [1.165, 1.54) is 0 Å². The molecule has 0 aromatic carbocycles. The fraction of sp³-hybridized carbons (Fsp3) is 0.800. The first-order valence-electron chi connectivity index (χ1n) is 5.40.